The second-order valence-electron chi connectivity index (χ2n) is 4.47. The van der Waals surface area contributed by atoms with Crippen molar-refractivity contribution in [3.63, 3.8) is 0 Å². The lowest BCUT2D eigenvalue weighted by Crippen LogP contribution is -2.48. The number of carbonyl (C=O) groups is 1. The maximum atomic E-state index is 11.1. The van der Waals surface area contributed by atoms with Crippen molar-refractivity contribution >= 4 is 5.97 Å². The fraction of sp³-hybridized carbons (Fsp3) is 0.909. The third kappa shape index (κ3) is 5.44. The Morgan fingerprint density at radius 2 is 1.81 bits per heavy atom. The molecule has 0 heterocycles. The van der Waals surface area contributed by atoms with Crippen molar-refractivity contribution in [2.75, 3.05) is 13.7 Å². The van der Waals surface area contributed by atoms with Gasteiger partial charge in [-0.05, 0) is 33.2 Å². The Morgan fingerprint density at radius 3 is 2.19 bits per heavy atom. The maximum Gasteiger partial charge on any atom is 0.320 e. The Bertz CT molecular complexity index is 211. The molecule has 4 atom stereocenters. The summed E-state index contributed by atoms with van der Waals surface area (Å²) in [5.41, 5.74) is 0. The average Bonchev–Trinajstić information content (AvgIpc) is 2.24. The predicted octanol–water partition coefficient (Wildman–Crippen LogP) is 0.0441. The number of nitrogens with one attached hydrogen (secondary N) is 2. The lowest BCUT2D eigenvalue weighted by atomic mass is 9.94. The van der Waals surface area contributed by atoms with Crippen LogP contribution in [-0.2, 0) is 4.79 Å². The van der Waals surface area contributed by atoms with Crippen LogP contribution in [0.4, 0.5) is 0 Å². The quantitative estimate of drug-likeness (QED) is 0.475. The summed E-state index contributed by atoms with van der Waals surface area (Å²) in [6.45, 7) is 5.64. The van der Waals surface area contributed by atoms with E-state index in [0.717, 1.165) is 6.42 Å². The van der Waals surface area contributed by atoms with Gasteiger partial charge in [-0.25, -0.2) is 0 Å². The third-order valence-corrected chi connectivity index (χ3v) is 2.79. The van der Waals surface area contributed by atoms with Crippen LogP contribution in [0.15, 0.2) is 0 Å². The molecule has 0 bridgehead atoms. The molecule has 0 rings (SSSR count). The van der Waals surface area contributed by atoms with Gasteiger partial charge in [-0.3, -0.25) is 10.1 Å². The molecule has 0 saturated carbocycles. The Hall–Kier alpha value is -0.650. The Balaban J connectivity index is 4.35. The largest absolute Gasteiger partial charge is 0.480 e. The predicted molar refractivity (Wildman–Crippen MR) is 63.4 cm³/mol. The van der Waals surface area contributed by atoms with Crippen molar-refractivity contribution in [1.82, 2.24) is 10.6 Å². The number of carboxylic acid groups (broad SMARTS) is 1. The zero-order valence-corrected chi connectivity index (χ0v) is 10.5. The molecule has 96 valence electrons. The van der Waals surface area contributed by atoms with Gasteiger partial charge in [0.15, 0.2) is 0 Å². The van der Waals surface area contributed by atoms with Crippen molar-refractivity contribution in [3.05, 3.63) is 0 Å². The Morgan fingerprint density at radius 1 is 1.25 bits per heavy atom. The highest BCUT2D eigenvalue weighted by Crippen LogP contribution is 2.12. The summed E-state index contributed by atoms with van der Waals surface area (Å²) in [6.07, 6.45) is 0.776. The molecular formula is C11H24N2O3. The van der Waals surface area contributed by atoms with E-state index >= 15 is 0 Å². The highest BCUT2D eigenvalue weighted by molar-refractivity contribution is 5.73. The number of aliphatic carboxylic acids is 1. The van der Waals surface area contributed by atoms with Gasteiger partial charge in [0.05, 0.1) is 6.61 Å². The molecule has 0 aromatic carbocycles. The molecule has 0 amide bonds. The minimum Gasteiger partial charge on any atom is -0.480 e. The highest BCUT2D eigenvalue weighted by Gasteiger charge is 2.26. The lowest BCUT2D eigenvalue weighted by Gasteiger charge is -2.26. The number of hydrogen-bond acceptors (Lipinski definition) is 4. The van der Waals surface area contributed by atoms with Gasteiger partial charge in [0.2, 0.25) is 0 Å². The minimum atomic E-state index is -0.865. The summed E-state index contributed by atoms with van der Waals surface area (Å²) in [5, 5.41) is 24.0. The normalized spacial score (nSPS) is 18.8. The Labute approximate surface area is 97.2 Å². The summed E-state index contributed by atoms with van der Waals surface area (Å²) in [5.74, 6) is -0.856. The van der Waals surface area contributed by atoms with Gasteiger partial charge in [0.25, 0.3) is 0 Å². The van der Waals surface area contributed by atoms with Gasteiger partial charge in [-0.2, -0.15) is 0 Å². The summed E-state index contributed by atoms with van der Waals surface area (Å²) in [6, 6.07) is -0.533. The second-order valence-corrected chi connectivity index (χ2v) is 4.47. The van der Waals surface area contributed by atoms with Crippen LogP contribution < -0.4 is 10.6 Å². The first-order valence-corrected chi connectivity index (χ1v) is 5.69. The van der Waals surface area contributed by atoms with Gasteiger partial charge in [0.1, 0.15) is 6.04 Å². The zero-order valence-electron chi connectivity index (χ0n) is 10.5. The summed E-state index contributed by atoms with van der Waals surface area (Å²) >= 11 is 0. The molecule has 0 aliphatic rings. The van der Waals surface area contributed by atoms with E-state index in [1.165, 1.54) is 0 Å². The molecule has 4 N–H and O–H groups in total. The first kappa shape index (κ1) is 15.3. The molecule has 0 aliphatic carbocycles. The molecule has 5 heteroatoms. The molecule has 0 aromatic heterocycles. The first-order chi connectivity index (χ1) is 7.42. The maximum absolute atomic E-state index is 11.1. The standard InChI is InChI=1S/C11H24N2O3/c1-7(5-8(2)12-4)10(11(15)16)13-9(3)6-14/h7-10,12-14H,5-6H2,1-4H3,(H,15,16). The van der Waals surface area contributed by atoms with Gasteiger partial charge in [-0.15, -0.1) is 0 Å². The van der Waals surface area contributed by atoms with E-state index in [1.54, 1.807) is 6.92 Å². The van der Waals surface area contributed by atoms with E-state index in [9.17, 15) is 4.79 Å². The number of aliphatic hydroxyl groups excluding tert-OH is 1. The molecule has 16 heavy (non-hydrogen) atoms. The molecule has 0 saturated heterocycles. The number of carboxylic acids is 1. The van der Waals surface area contributed by atoms with Crippen molar-refractivity contribution in [3.8, 4) is 0 Å². The molecule has 0 aromatic rings. The first-order valence-electron chi connectivity index (χ1n) is 5.69. The SMILES string of the molecule is CNC(C)CC(C)C(NC(C)CO)C(=O)O. The molecule has 0 radical (unpaired) electrons. The second kappa shape index (κ2) is 7.60. The molecule has 5 nitrogen and oxygen atoms in total. The fourth-order valence-corrected chi connectivity index (χ4v) is 1.65. The van der Waals surface area contributed by atoms with Crippen LogP contribution in [0.1, 0.15) is 27.2 Å². The van der Waals surface area contributed by atoms with E-state index in [4.69, 9.17) is 10.2 Å². The Kier molecular flexibility index (Phi) is 7.29. The highest BCUT2D eigenvalue weighted by atomic mass is 16.4. The summed E-state index contributed by atoms with van der Waals surface area (Å²) in [4.78, 5) is 11.1. The van der Waals surface area contributed by atoms with E-state index in [2.05, 4.69) is 10.6 Å². The van der Waals surface area contributed by atoms with Gasteiger partial charge < -0.3 is 15.5 Å². The van der Waals surface area contributed by atoms with Crippen molar-refractivity contribution in [2.24, 2.45) is 5.92 Å². The zero-order chi connectivity index (χ0) is 12.7. The van der Waals surface area contributed by atoms with Crippen LogP contribution in [0.2, 0.25) is 0 Å². The van der Waals surface area contributed by atoms with Crippen molar-refractivity contribution in [1.29, 1.82) is 0 Å². The molecule has 0 aliphatic heterocycles. The van der Waals surface area contributed by atoms with Crippen LogP contribution in [0.3, 0.4) is 0 Å². The van der Waals surface area contributed by atoms with Crippen molar-refractivity contribution < 1.29 is 15.0 Å². The van der Waals surface area contributed by atoms with Crippen LogP contribution in [0, 0.1) is 5.92 Å². The van der Waals surface area contributed by atoms with E-state index < -0.39 is 12.0 Å². The minimum absolute atomic E-state index is 0.00829. The van der Waals surface area contributed by atoms with Crippen LogP contribution >= 0.6 is 0 Å². The smallest absolute Gasteiger partial charge is 0.320 e. The summed E-state index contributed by atoms with van der Waals surface area (Å²) < 4.78 is 0. The van der Waals surface area contributed by atoms with E-state index in [0.29, 0.717) is 0 Å². The molecule has 4 unspecified atom stereocenters. The monoisotopic (exact) mass is 232 g/mol. The number of rotatable bonds is 8. The number of hydrogen-bond donors (Lipinski definition) is 4. The third-order valence-electron chi connectivity index (χ3n) is 2.79. The number of aliphatic hydroxyl groups is 1. The summed E-state index contributed by atoms with van der Waals surface area (Å²) in [7, 11) is 1.86. The average molecular weight is 232 g/mol. The van der Waals surface area contributed by atoms with E-state index in [-0.39, 0.29) is 24.6 Å². The topological polar surface area (TPSA) is 81.6 Å². The van der Waals surface area contributed by atoms with Crippen molar-refractivity contribution in [2.45, 2.75) is 45.3 Å². The van der Waals surface area contributed by atoms with E-state index in [1.807, 2.05) is 20.9 Å². The fourth-order valence-electron chi connectivity index (χ4n) is 1.65. The van der Waals surface area contributed by atoms with Gasteiger partial charge >= 0.3 is 5.97 Å². The van der Waals surface area contributed by atoms with Gasteiger partial charge in [0, 0.05) is 12.1 Å². The molecule has 0 fully saturated rings. The van der Waals surface area contributed by atoms with Crippen LogP contribution in [-0.4, -0.2) is 48.0 Å². The van der Waals surface area contributed by atoms with Gasteiger partial charge in [-0.1, -0.05) is 6.92 Å². The molecular weight excluding hydrogens is 208 g/mol. The van der Waals surface area contributed by atoms with Crippen LogP contribution in [0.25, 0.3) is 0 Å². The molecule has 0 spiro atoms. The van der Waals surface area contributed by atoms with Crippen LogP contribution in [0.5, 0.6) is 0 Å². The lowest BCUT2D eigenvalue weighted by molar-refractivity contribution is -0.141.